The Morgan fingerprint density at radius 1 is 1.11 bits per heavy atom. The van der Waals surface area contributed by atoms with E-state index in [4.69, 9.17) is 27.9 Å². The molecule has 0 aliphatic carbocycles. The molecular formula is C14H11BrCl2O2. The largest absolute Gasteiger partial charge is 0.497 e. The van der Waals surface area contributed by atoms with Crippen LogP contribution in [0.25, 0.3) is 0 Å². The van der Waals surface area contributed by atoms with Crippen molar-refractivity contribution in [2.24, 2.45) is 0 Å². The monoisotopic (exact) mass is 360 g/mol. The van der Waals surface area contributed by atoms with Crippen molar-refractivity contribution < 1.29 is 9.84 Å². The van der Waals surface area contributed by atoms with Crippen molar-refractivity contribution in [2.45, 2.75) is 6.10 Å². The second-order valence-corrected chi connectivity index (χ2v) is 5.65. The van der Waals surface area contributed by atoms with E-state index in [0.717, 1.165) is 4.47 Å². The van der Waals surface area contributed by atoms with Gasteiger partial charge in [0.15, 0.2) is 0 Å². The summed E-state index contributed by atoms with van der Waals surface area (Å²) in [5, 5.41) is 11.4. The van der Waals surface area contributed by atoms with Crippen LogP contribution in [0.2, 0.25) is 10.0 Å². The number of aliphatic hydroxyl groups is 1. The second-order valence-electron chi connectivity index (χ2n) is 3.96. The molecule has 0 bridgehead atoms. The Morgan fingerprint density at radius 3 is 2.47 bits per heavy atom. The summed E-state index contributed by atoms with van der Waals surface area (Å²) >= 11 is 15.4. The Labute approximate surface area is 130 Å². The highest BCUT2D eigenvalue weighted by Gasteiger charge is 2.17. The van der Waals surface area contributed by atoms with Crippen LogP contribution in [0.15, 0.2) is 40.9 Å². The fraction of sp³-hybridized carbons (Fsp3) is 0.143. The van der Waals surface area contributed by atoms with Gasteiger partial charge in [-0.15, -0.1) is 0 Å². The van der Waals surface area contributed by atoms with Crippen LogP contribution in [0.4, 0.5) is 0 Å². The summed E-state index contributed by atoms with van der Waals surface area (Å²) in [5.41, 5.74) is 1.27. The van der Waals surface area contributed by atoms with Gasteiger partial charge in [-0.1, -0.05) is 45.2 Å². The minimum atomic E-state index is -0.855. The lowest BCUT2D eigenvalue weighted by atomic mass is 10.0. The first-order valence-electron chi connectivity index (χ1n) is 5.49. The lowest BCUT2D eigenvalue weighted by Gasteiger charge is -2.16. The van der Waals surface area contributed by atoms with Crippen molar-refractivity contribution in [3.8, 4) is 5.75 Å². The van der Waals surface area contributed by atoms with E-state index >= 15 is 0 Å². The van der Waals surface area contributed by atoms with Crippen LogP contribution in [-0.2, 0) is 0 Å². The van der Waals surface area contributed by atoms with Gasteiger partial charge in [0.2, 0.25) is 0 Å². The average molecular weight is 362 g/mol. The van der Waals surface area contributed by atoms with Crippen LogP contribution in [0.1, 0.15) is 17.2 Å². The maximum absolute atomic E-state index is 10.4. The predicted molar refractivity (Wildman–Crippen MR) is 81.2 cm³/mol. The molecule has 5 heteroatoms. The first-order valence-corrected chi connectivity index (χ1v) is 7.04. The molecule has 0 fully saturated rings. The first-order chi connectivity index (χ1) is 9.02. The Kier molecular flexibility index (Phi) is 4.74. The van der Waals surface area contributed by atoms with Crippen molar-refractivity contribution >= 4 is 39.1 Å². The Balaban J connectivity index is 2.43. The van der Waals surface area contributed by atoms with Crippen LogP contribution in [0.3, 0.4) is 0 Å². The Bertz CT molecular complexity index is 602. The molecule has 0 aromatic heterocycles. The minimum absolute atomic E-state index is 0.472. The molecule has 0 saturated carbocycles. The molecule has 2 aromatic carbocycles. The number of methoxy groups -OCH3 is 1. The minimum Gasteiger partial charge on any atom is -0.497 e. The summed E-state index contributed by atoms with van der Waals surface area (Å²) < 4.78 is 5.87. The SMILES string of the molecule is COc1ccc(C(O)c2cc(Cl)ccc2Cl)c(Br)c1. The first kappa shape index (κ1) is 14.7. The second kappa shape index (κ2) is 6.14. The molecule has 0 spiro atoms. The summed E-state index contributed by atoms with van der Waals surface area (Å²) in [7, 11) is 1.59. The van der Waals surface area contributed by atoms with E-state index in [1.807, 2.05) is 0 Å². The van der Waals surface area contributed by atoms with Crippen molar-refractivity contribution in [1.29, 1.82) is 0 Å². The third-order valence-corrected chi connectivity index (χ3v) is 4.02. The normalized spacial score (nSPS) is 12.3. The van der Waals surface area contributed by atoms with E-state index in [1.165, 1.54) is 0 Å². The molecule has 1 unspecified atom stereocenters. The zero-order valence-electron chi connectivity index (χ0n) is 10.0. The van der Waals surface area contributed by atoms with Crippen molar-refractivity contribution in [1.82, 2.24) is 0 Å². The maximum Gasteiger partial charge on any atom is 0.120 e. The molecule has 0 aliphatic heterocycles. The summed E-state index contributed by atoms with van der Waals surface area (Å²) in [5.74, 6) is 0.708. The van der Waals surface area contributed by atoms with E-state index in [-0.39, 0.29) is 0 Å². The van der Waals surface area contributed by atoms with Gasteiger partial charge in [-0.25, -0.2) is 0 Å². The highest BCUT2D eigenvalue weighted by molar-refractivity contribution is 9.10. The van der Waals surface area contributed by atoms with Crippen LogP contribution >= 0.6 is 39.1 Å². The van der Waals surface area contributed by atoms with E-state index in [2.05, 4.69) is 15.9 Å². The lowest BCUT2D eigenvalue weighted by Crippen LogP contribution is -2.02. The van der Waals surface area contributed by atoms with Gasteiger partial charge in [0.1, 0.15) is 11.9 Å². The third-order valence-electron chi connectivity index (χ3n) is 2.75. The van der Waals surface area contributed by atoms with Gasteiger partial charge < -0.3 is 9.84 Å². The number of halogens is 3. The Hall–Kier alpha value is -0.740. The summed E-state index contributed by atoms with van der Waals surface area (Å²) in [6.45, 7) is 0. The number of rotatable bonds is 3. The average Bonchev–Trinajstić information content (AvgIpc) is 2.40. The van der Waals surface area contributed by atoms with E-state index in [9.17, 15) is 5.11 Å². The molecule has 0 heterocycles. The standard InChI is InChI=1S/C14H11BrCl2O2/c1-19-9-3-4-10(12(15)7-9)14(18)11-6-8(16)2-5-13(11)17/h2-7,14,18H,1H3. The molecular weight excluding hydrogens is 351 g/mol. The smallest absolute Gasteiger partial charge is 0.120 e. The van der Waals surface area contributed by atoms with Crippen molar-refractivity contribution in [2.75, 3.05) is 7.11 Å². The van der Waals surface area contributed by atoms with Crippen molar-refractivity contribution in [3.63, 3.8) is 0 Å². The molecule has 2 aromatic rings. The van der Waals surface area contributed by atoms with Gasteiger partial charge in [-0.3, -0.25) is 0 Å². The van der Waals surface area contributed by atoms with E-state index in [1.54, 1.807) is 43.5 Å². The van der Waals surface area contributed by atoms with Gasteiger partial charge in [0, 0.05) is 20.1 Å². The van der Waals surface area contributed by atoms with Gasteiger partial charge in [-0.05, 0) is 35.9 Å². The zero-order chi connectivity index (χ0) is 14.0. The highest BCUT2D eigenvalue weighted by Crippen LogP contribution is 2.35. The molecule has 19 heavy (non-hydrogen) atoms. The highest BCUT2D eigenvalue weighted by atomic mass is 79.9. The third kappa shape index (κ3) is 3.23. The van der Waals surface area contributed by atoms with Crippen LogP contribution in [-0.4, -0.2) is 12.2 Å². The molecule has 0 aliphatic rings. The number of benzene rings is 2. The summed E-state index contributed by atoms with van der Waals surface area (Å²) in [4.78, 5) is 0. The maximum atomic E-state index is 10.4. The van der Waals surface area contributed by atoms with Crippen LogP contribution < -0.4 is 4.74 Å². The Morgan fingerprint density at radius 2 is 1.84 bits per heavy atom. The predicted octanol–water partition coefficient (Wildman–Crippen LogP) is 4.85. The molecule has 100 valence electrons. The fourth-order valence-corrected chi connectivity index (χ4v) is 2.72. The van der Waals surface area contributed by atoms with Gasteiger partial charge in [0.25, 0.3) is 0 Å². The summed E-state index contributed by atoms with van der Waals surface area (Å²) in [6, 6.07) is 10.4. The molecule has 1 N–H and O–H groups in total. The van der Waals surface area contributed by atoms with Crippen LogP contribution in [0.5, 0.6) is 5.75 Å². The van der Waals surface area contributed by atoms with Gasteiger partial charge in [-0.2, -0.15) is 0 Å². The molecule has 2 nitrogen and oxygen atoms in total. The number of hydrogen-bond acceptors (Lipinski definition) is 2. The number of aliphatic hydroxyl groups excluding tert-OH is 1. The molecule has 2 rings (SSSR count). The molecule has 0 amide bonds. The lowest BCUT2D eigenvalue weighted by molar-refractivity contribution is 0.219. The van der Waals surface area contributed by atoms with Gasteiger partial charge >= 0.3 is 0 Å². The number of hydrogen-bond donors (Lipinski definition) is 1. The van der Waals surface area contributed by atoms with Crippen LogP contribution in [0, 0.1) is 0 Å². The topological polar surface area (TPSA) is 29.5 Å². The number of ether oxygens (including phenoxy) is 1. The summed E-state index contributed by atoms with van der Waals surface area (Å²) in [6.07, 6.45) is -0.855. The molecule has 0 saturated heterocycles. The molecule has 1 atom stereocenters. The molecule has 0 radical (unpaired) electrons. The van der Waals surface area contributed by atoms with Gasteiger partial charge in [0.05, 0.1) is 7.11 Å². The van der Waals surface area contributed by atoms with E-state index in [0.29, 0.717) is 26.9 Å². The fourth-order valence-electron chi connectivity index (χ4n) is 1.75. The van der Waals surface area contributed by atoms with Crippen molar-refractivity contribution in [3.05, 3.63) is 62.0 Å². The quantitative estimate of drug-likeness (QED) is 0.846. The van der Waals surface area contributed by atoms with E-state index < -0.39 is 6.10 Å². The zero-order valence-corrected chi connectivity index (χ0v) is 13.1.